The maximum atomic E-state index is 10.3. The summed E-state index contributed by atoms with van der Waals surface area (Å²) in [4.78, 5) is 0. The molecule has 0 aliphatic carbocycles. The maximum Gasteiger partial charge on any atom is 0.0830 e. The van der Waals surface area contributed by atoms with Crippen LogP contribution in [-0.4, -0.2) is 5.11 Å². The lowest BCUT2D eigenvalue weighted by molar-refractivity contribution is 0.178. The van der Waals surface area contributed by atoms with Crippen molar-refractivity contribution in [3.8, 4) is 0 Å². The van der Waals surface area contributed by atoms with Gasteiger partial charge >= 0.3 is 0 Å². The minimum absolute atomic E-state index is 0.419. The predicted molar refractivity (Wildman–Crippen MR) is 75.7 cm³/mol. The first-order valence-corrected chi connectivity index (χ1v) is 6.52. The van der Waals surface area contributed by atoms with E-state index < -0.39 is 6.10 Å². The largest absolute Gasteiger partial charge is 0.388 e. The van der Waals surface area contributed by atoms with E-state index in [4.69, 9.17) is 0 Å². The molecule has 1 N–H and O–H groups in total. The van der Waals surface area contributed by atoms with E-state index in [9.17, 15) is 5.11 Å². The van der Waals surface area contributed by atoms with Gasteiger partial charge in [-0.1, -0.05) is 55.5 Å². The van der Waals surface area contributed by atoms with E-state index in [0.717, 1.165) is 12.0 Å². The van der Waals surface area contributed by atoms with Gasteiger partial charge in [0.15, 0.2) is 0 Å². The molecule has 2 rings (SSSR count). The van der Waals surface area contributed by atoms with Crippen LogP contribution in [-0.2, 0) is 12.8 Å². The second-order valence-corrected chi connectivity index (χ2v) is 4.74. The van der Waals surface area contributed by atoms with Gasteiger partial charge in [-0.3, -0.25) is 0 Å². The van der Waals surface area contributed by atoms with Crippen LogP contribution < -0.4 is 0 Å². The smallest absolute Gasteiger partial charge is 0.0830 e. The molecule has 0 aromatic heterocycles. The average Bonchev–Trinajstić information content (AvgIpc) is 2.41. The summed E-state index contributed by atoms with van der Waals surface area (Å²) >= 11 is 0. The van der Waals surface area contributed by atoms with Crippen molar-refractivity contribution in [2.45, 2.75) is 32.8 Å². The quantitative estimate of drug-likeness (QED) is 0.861. The van der Waals surface area contributed by atoms with Crippen LogP contribution in [0.2, 0.25) is 0 Å². The van der Waals surface area contributed by atoms with E-state index in [-0.39, 0.29) is 0 Å². The summed E-state index contributed by atoms with van der Waals surface area (Å²) in [5, 5.41) is 10.3. The second-order valence-electron chi connectivity index (χ2n) is 4.74. The fourth-order valence-corrected chi connectivity index (χ4v) is 2.14. The van der Waals surface area contributed by atoms with Crippen molar-refractivity contribution < 1.29 is 5.11 Å². The average molecular weight is 240 g/mol. The molecule has 0 aliphatic heterocycles. The van der Waals surface area contributed by atoms with E-state index in [1.807, 2.05) is 24.3 Å². The molecule has 2 aromatic rings. The molecule has 0 fully saturated rings. The van der Waals surface area contributed by atoms with E-state index >= 15 is 0 Å². The minimum Gasteiger partial charge on any atom is -0.388 e. The standard InChI is InChI=1S/C17H20O/c1-3-14-8-10-15(11-9-14)17(18)12-16-7-5-4-6-13(16)2/h4-11,17-18H,3,12H2,1-2H3. The summed E-state index contributed by atoms with van der Waals surface area (Å²) < 4.78 is 0. The lowest BCUT2D eigenvalue weighted by atomic mass is 9.97. The Labute approximate surface area is 109 Å². The summed E-state index contributed by atoms with van der Waals surface area (Å²) in [6, 6.07) is 16.5. The molecule has 2 aromatic carbocycles. The monoisotopic (exact) mass is 240 g/mol. The van der Waals surface area contributed by atoms with Crippen molar-refractivity contribution in [3.63, 3.8) is 0 Å². The number of rotatable bonds is 4. The van der Waals surface area contributed by atoms with Gasteiger partial charge in [-0.25, -0.2) is 0 Å². The molecular weight excluding hydrogens is 220 g/mol. The third-order valence-electron chi connectivity index (χ3n) is 3.45. The van der Waals surface area contributed by atoms with E-state index in [1.54, 1.807) is 0 Å². The van der Waals surface area contributed by atoms with Gasteiger partial charge in [-0.15, -0.1) is 0 Å². The van der Waals surface area contributed by atoms with Crippen LogP contribution in [0.5, 0.6) is 0 Å². The highest BCUT2D eigenvalue weighted by Crippen LogP contribution is 2.20. The van der Waals surface area contributed by atoms with Gasteiger partial charge in [0.1, 0.15) is 0 Å². The highest BCUT2D eigenvalue weighted by molar-refractivity contribution is 5.29. The third kappa shape index (κ3) is 2.99. The van der Waals surface area contributed by atoms with E-state index in [1.165, 1.54) is 16.7 Å². The highest BCUT2D eigenvalue weighted by atomic mass is 16.3. The normalized spacial score (nSPS) is 12.4. The Bertz CT molecular complexity index is 499. The van der Waals surface area contributed by atoms with Crippen molar-refractivity contribution in [1.82, 2.24) is 0 Å². The number of aliphatic hydroxyl groups excluding tert-OH is 1. The van der Waals surface area contributed by atoms with Crippen LogP contribution in [0.4, 0.5) is 0 Å². The molecule has 0 heterocycles. The molecule has 18 heavy (non-hydrogen) atoms. The lowest BCUT2D eigenvalue weighted by Gasteiger charge is -2.13. The summed E-state index contributed by atoms with van der Waals surface area (Å²) in [6.07, 6.45) is 1.30. The van der Waals surface area contributed by atoms with Crippen molar-refractivity contribution in [1.29, 1.82) is 0 Å². The molecule has 1 atom stereocenters. The van der Waals surface area contributed by atoms with Crippen LogP contribution in [0.3, 0.4) is 0 Å². The van der Waals surface area contributed by atoms with E-state index in [2.05, 4.69) is 38.1 Å². The van der Waals surface area contributed by atoms with Gasteiger partial charge in [0.25, 0.3) is 0 Å². The van der Waals surface area contributed by atoms with Crippen molar-refractivity contribution in [2.75, 3.05) is 0 Å². The molecule has 0 saturated carbocycles. The van der Waals surface area contributed by atoms with Gasteiger partial charge < -0.3 is 5.11 Å². The lowest BCUT2D eigenvalue weighted by Crippen LogP contribution is -2.03. The molecule has 0 radical (unpaired) electrons. The molecule has 94 valence electrons. The number of aliphatic hydroxyl groups is 1. The molecule has 1 heteroatoms. The summed E-state index contributed by atoms with van der Waals surface area (Å²) in [6.45, 7) is 4.22. The molecule has 0 bridgehead atoms. The topological polar surface area (TPSA) is 20.2 Å². The van der Waals surface area contributed by atoms with Gasteiger partial charge in [-0.2, -0.15) is 0 Å². The zero-order chi connectivity index (χ0) is 13.0. The minimum atomic E-state index is -0.419. The Morgan fingerprint density at radius 1 is 1.00 bits per heavy atom. The Morgan fingerprint density at radius 2 is 1.67 bits per heavy atom. The molecule has 0 spiro atoms. The molecule has 0 aliphatic rings. The highest BCUT2D eigenvalue weighted by Gasteiger charge is 2.09. The maximum absolute atomic E-state index is 10.3. The van der Waals surface area contributed by atoms with Gasteiger partial charge in [0.05, 0.1) is 6.10 Å². The van der Waals surface area contributed by atoms with Crippen LogP contribution in [0, 0.1) is 6.92 Å². The van der Waals surface area contributed by atoms with Crippen molar-refractivity contribution in [2.24, 2.45) is 0 Å². The molecule has 0 amide bonds. The Hall–Kier alpha value is -1.60. The number of hydrogen-bond acceptors (Lipinski definition) is 1. The third-order valence-corrected chi connectivity index (χ3v) is 3.45. The molecular formula is C17H20O. The Kier molecular flexibility index (Phi) is 4.16. The van der Waals surface area contributed by atoms with Crippen LogP contribution in [0.25, 0.3) is 0 Å². The first-order chi connectivity index (χ1) is 8.70. The van der Waals surface area contributed by atoms with E-state index in [0.29, 0.717) is 6.42 Å². The number of aryl methyl sites for hydroxylation is 2. The van der Waals surface area contributed by atoms with Crippen LogP contribution >= 0.6 is 0 Å². The SMILES string of the molecule is CCc1ccc(C(O)Cc2ccccc2C)cc1. The van der Waals surface area contributed by atoms with Gasteiger partial charge in [0.2, 0.25) is 0 Å². The zero-order valence-corrected chi connectivity index (χ0v) is 11.1. The Morgan fingerprint density at radius 3 is 2.28 bits per heavy atom. The summed E-state index contributed by atoms with van der Waals surface area (Å²) in [5.74, 6) is 0. The first kappa shape index (κ1) is 12.8. The second kappa shape index (κ2) is 5.83. The van der Waals surface area contributed by atoms with Crippen molar-refractivity contribution >= 4 is 0 Å². The Balaban J connectivity index is 2.11. The summed E-state index contributed by atoms with van der Waals surface area (Å²) in [7, 11) is 0. The predicted octanol–water partition coefficient (Wildman–Crippen LogP) is 3.83. The van der Waals surface area contributed by atoms with Crippen LogP contribution in [0.15, 0.2) is 48.5 Å². The first-order valence-electron chi connectivity index (χ1n) is 6.52. The fraction of sp³-hybridized carbons (Fsp3) is 0.294. The number of hydrogen-bond donors (Lipinski definition) is 1. The molecule has 0 saturated heterocycles. The van der Waals surface area contributed by atoms with Crippen molar-refractivity contribution in [3.05, 3.63) is 70.8 Å². The number of benzene rings is 2. The molecule has 1 unspecified atom stereocenters. The summed E-state index contributed by atoms with van der Waals surface area (Å²) in [5.41, 5.74) is 4.75. The van der Waals surface area contributed by atoms with Gasteiger partial charge in [-0.05, 0) is 35.6 Å². The fourth-order valence-electron chi connectivity index (χ4n) is 2.14. The zero-order valence-electron chi connectivity index (χ0n) is 11.1. The van der Waals surface area contributed by atoms with Gasteiger partial charge in [0, 0.05) is 6.42 Å². The van der Waals surface area contributed by atoms with Crippen LogP contribution in [0.1, 0.15) is 35.3 Å². The molecule has 1 nitrogen and oxygen atoms in total.